The van der Waals surface area contributed by atoms with Crippen LogP contribution in [0.5, 0.6) is 0 Å². The average molecular weight is 1380 g/mol. The Labute approximate surface area is 586 Å². The summed E-state index contributed by atoms with van der Waals surface area (Å²) in [6, 6.07) is 8.38. The van der Waals surface area contributed by atoms with E-state index in [2.05, 4.69) is 14.9 Å². The van der Waals surface area contributed by atoms with Gasteiger partial charge in [0.1, 0.15) is 24.7 Å². The molecule has 0 bridgehead atoms. The molecule has 2 amide bonds. The summed E-state index contributed by atoms with van der Waals surface area (Å²) in [4.78, 5) is 70.6. The molecule has 1 unspecified atom stereocenters. The van der Waals surface area contributed by atoms with E-state index < -0.39 is 178 Å². The Balaban J connectivity index is 0.000000261. The highest BCUT2D eigenvalue weighted by Crippen LogP contribution is 2.36. The van der Waals surface area contributed by atoms with E-state index in [0.29, 0.717) is 67.8 Å². The lowest BCUT2D eigenvalue weighted by Gasteiger charge is -2.28. The Kier molecular flexibility index (Phi) is 18.2. The van der Waals surface area contributed by atoms with Crippen molar-refractivity contribution in [2.45, 2.75) is 134 Å². The molecule has 0 saturated heterocycles. The average Bonchev–Trinajstić information content (AvgIpc) is 1.51. The number of hydrogen-bond donors (Lipinski definition) is 0. The molecule has 2 heterocycles. The van der Waals surface area contributed by atoms with E-state index in [9.17, 15) is 54.3 Å². The number of rotatable bonds is 26. The molecule has 2 aliphatic carbocycles. The molecule has 10 rings (SSSR count). The lowest BCUT2D eigenvalue weighted by molar-refractivity contribution is -0.138. The molecule has 22 heteroatoms. The predicted octanol–water partition coefficient (Wildman–Crippen LogP) is 15.0. The molecule has 0 N–H and O–H groups in total. The van der Waals surface area contributed by atoms with Gasteiger partial charge < -0.3 is 28.7 Å². The van der Waals surface area contributed by atoms with Crippen LogP contribution in [0.15, 0.2) is 159 Å². The van der Waals surface area contributed by atoms with Crippen LogP contribution in [0.3, 0.4) is 0 Å². The summed E-state index contributed by atoms with van der Waals surface area (Å²) in [5.41, 5.74) is -3.79. The number of fused-ring (bicyclic) bond motifs is 2. The van der Waals surface area contributed by atoms with Crippen LogP contribution in [0, 0.1) is 24.5 Å². The zero-order valence-corrected chi connectivity index (χ0v) is 55.1. The third-order valence-corrected chi connectivity index (χ3v) is 18.2. The van der Waals surface area contributed by atoms with Crippen molar-refractivity contribution in [1.29, 1.82) is 0 Å². The van der Waals surface area contributed by atoms with Gasteiger partial charge in [0.15, 0.2) is 10.3 Å². The number of nitrogens with zero attached hydrogens (tertiary/aromatic N) is 8. The molecule has 508 valence electrons. The fourth-order valence-corrected chi connectivity index (χ4v) is 12.6. The standard InChI is InChI=1S/C38H42F4N4O2S.C36H38F4N4O2S/c1-5-44(6-2)17-18-45(22-27-7-11-29(12-8-27)30-13-16-33(26(4)21-30)38(40,41)42)35(47)23-46-34-20-25(3)19-32(34)36(48)43-37(46)49-24-28-9-14-31(39)15-10-28;1-3-42(4-2)20-21-43(22-25-8-12-27(13-9-25)28-14-16-29(17-15-28)36(38,39)40)33(45)23-44-32-7-5-6-31(32)34(46)41-35(44)47-24-26-10-18-30(37)19-11-26/h7-16,21,25H,5-6,17-20,22-24H2,1-4H3;8-19H,3-7,20-24H2,1-2H3/i7D,8D,11D,12D,13D,16D,19D2,20D2,21D,25D;10D,11D,18D,19D. The molecule has 0 saturated carbocycles. The maximum atomic E-state index is 14.6. The number of aromatic nitrogens is 4. The largest absolute Gasteiger partial charge is 0.416 e. The van der Waals surface area contributed by atoms with Gasteiger partial charge in [0.2, 0.25) is 11.8 Å². The molecular formula is C74H80F8N8O4S2. The predicted molar refractivity (Wildman–Crippen MR) is 362 cm³/mol. The molecule has 0 radical (unpaired) electrons. The Morgan fingerprint density at radius 2 is 1.05 bits per heavy atom. The third-order valence-electron chi connectivity index (χ3n) is 16.1. The molecule has 0 fully saturated rings. The van der Waals surface area contributed by atoms with Crippen LogP contribution >= 0.6 is 23.5 Å². The van der Waals surface area contributed by atoms with Crippen molar-refractivity contribution < 1.29 is 66.6 Å². The van der Waals surface area contributed by atoms with Crippen molar-refractivity contribution in [3.8, 4) is 22.3 Å². The number of carbonyl (C=O) groups excluding carboxylic acids is 2. The molecule has 96 heavy (non-hydrogen) atoms. The summed E-state index contributed by atoms with van der Waals surface area (Å²) in [6.07, 6.45) is -13.5. The molecule has 12 nitrogen and oxygen atoms in total. The fourth-order valence-electron chi connectivity index (χ4n) is 10.7. The van der Waals surface area contributed by atoms with Crippen molar-refractivity contribution in [2.75, 3.05) is 52.4 Å². The van der Waals surface area contributed by atoms with Crippen molar-refractivity contribution >= 4 is 35.3 Å². The van der Waals surface area contributed by atoms with E-state index in [1.807, 2.05) is 44.7 Å². The van der Waals surface area contributed by atoms with Gasteiger partial charge in [0.05, 0.1) is 26.2 Å². The monoisotopic (exact) mass is 1380 g/mol. The Bertz CT molecular complexity index is 4930. The SMILES string of the molecule is [2H]c1c([2H])c(-c2c([2H])c([2H])c(C(F)(F)F)c(C)c2[2H])c([2H])c([2H])c1CN(CCN(CC)CC)C(=O)Cn1c(SCc2ccc(F)cc2)nc(=O)c2c1C([2H])([2H])C([2H])(C)C2([2H])[2H].[2H]c1c([2H])c(CSc2nc(=O)c3c(n2CC(=O)N(CCN(CC)CC)Cc2ccc(-c4ccc(C(F)(F)F)cc4)cc2)CCC3)c([2H])c([2H])c1F. The number of alkyl halides is 6. The van der Waals surface area contributed by atoms with Gasteiger partial charge in [-0.05, 0) is 163 Å². The van der Waals surface area contributed by atoms with Crippen LogP contribution in [-0.2, 0) is 85.2 Å². The fraction of sp³-hybridized carbons (Fsp3) is 0.378. The second-order valence-corrected chi connectivity index (χ2v) is 24.4. The highest BCUT2D eigenvalue weighted by Gasteiger charge is 2.34. The van der Waals surface area contributed by atoms with Gasteiger partial charge in [0.25, 0.3) is 11.1 Å². The number of halogens is 8. The number of likely N-dealkylation sites (N-methyl/N-ethyl adjacent to an activating group) is 2. The quantitative estimate of drug-likeness (QED) is 0.0295. The summed E-state index contributed by atoms with van der Waals surface area (Å²) in [5, 5.41) is -0.0335. The molecule has 8 aromatic rings. The van der Waals surface area contributed by atoms with Crippen LogP contribution in [0.25, 0.3) is 22.3 Å². The number of amides is 2. The first kappa shape index (κ1) is 53.2. The number of benzene rings is 6. The highest BCUT2D eigenvalue weighted by atomic mass is 32.2. The van der Waals surface area contributed by atoms with Crippen molar-refractivity contribution in [3.05, 3.63) is 233 Å². The Morgan fingerprint density at radius 3 is 1.59 bits per heavy atom. The van der Waals surface area contributed by atoms with E-state index >= 15 is 0 Å². The van der Waals surface area contributed by atoms with E-state index in [4.69, 9.17) is 21.9 Å². The zero-order chi connectivity index (χ0) is 82.9. The van der Waals surface area contributed by atoms with Crippen molar-refractivity contribution in [2.24, 2.45) is 5.89 Å². The first-order chi connectivity index (χ1) is 52.4. The molecule has 1 atom stereocenters. The first-order valence-electron chi connectivity index (χ1n) is 39.0. The second kappa shape index (κ2) is 32.9. The third kappa shape index (κ3) is 19.0. The van der Waals surface area contributed by atoms with Gasteiger partial charge in [-0.1, -0.05) is 155 Å². The minimum atomic E-state index is -5.10. The Morgan fingerprint density at radius 1 is 0.562 bits per heavy atom. The Hall–Kier alpha value is -7.92. The lowest BCUT2D eigenvalue weighted by Crippen LogP contribution is -2.40. The topological polar surface area (TPSA) is 117 Å². The van der Waals surface area contributed by atoms with Crippen LogP contribution in [0.1, 0.15) is 124 Å². The minimum absolute atomic E-state index is 0.0367. The van der Waals surface area contributed by atoms with Crippen LogP contribution in [-0.4, -0.2) is 103 Å². The van der Waals surface area contributed by atoms with Gasteiger partial charge in [-0.2, -0.15) is 36.3 Å². The van der Waals surface area contributed by atoms with Gasteiger partial charge in [-0.3, -0.25) is 19.2 Å². The number of carbonyl (C=O) groups is 2. The summed E-state index contributed by atoms with van der Waals surface area (Å²) in [7, 11) is 0. The van der Waals surface area contributed by atoms with Gasteiger partial charge in [-0.25, -0.2) is 8.78 Å². The zero-order valence-electron chi connectivity index (χ0n) is 69.5. The molecular weight excluding hydrogens is 1280 g/mol. The van der Waals surface area contributed by atoms with E-state index in [-0.39, 0.29) is 65.0 Å². The molecule has 2 aromatic heterocycles. The van der Waals surface area contributed by atoms with Crippen LogP contribution < -0.4 is 11.1 Å². The van der Waals surface area contributed by atoms with Gasteiger partial charge >= 0.3 is 12.4 Å². The molecule has 0 aliphatic heterocycles. The second-order valence-electron chi connectivity index (χ2n) is 22.5. The van der Waals surface area contributed by atoms with Crippen LogP contribution in [0.2, 0.25) is 0 Å². The highest BCUT2D eigenvalue weighted by molar-refractivity contribution is 7.98. The summed E-state index contributed by atoms with van der Waals surface area (Å²) < 4.78 is 248. The molecule has 6 aromatic carbocycles. The smallest absolute Gasteiger partial charge is 0.336 e. The normalized spacial score (nSPS) is 17.8. The van der Waals surface area contributed by atoms with Gasteiger partial charge in [-0.15, -0.1) is 0 Å². The summed E-state index contributed by atoms with van der Waals surface area (Å²) >= 11 is 1.87. The first-order valence-corrected chi connectivity index (χ1v) is 32.9. The maximum Gasteiger partial charge on any atom is 0.416 e. The molecule has 2 aliphatic rings. The van der Waals surface area contributed by atoms with Crippen molar-refractivity contribution in [3.63, 3.8) is 0 Å². The maximum absolute atomic E-state index is 14.6. The number of hydrogen-bond acceptors (Lipinski definition) is 10. The lowest BCUT2D eigenvalue weighted by atomic mass is 9.98. The molecule has 0 spiro atoms. The van der Waals surface area contributed by atoms with E-state index in [1.165, 1.54) is 36.4 Å². The van der Waals surface area contributed by atoms with E-state index in [0.717, 1.165) is 83.2 Å². The number of thioether (sulfide) groups is 2. The van der Waals surface area contributed by atoms with E-state index in [1.54, 1.807) is 21.6 Å². The van der Waals surface area contributed by atoms with Crippen molar-refractivity contribution in [1.82, 2.24) is 38.7 Å². The summed E-state index contributed by atoms with van der Waals surface area (Å²) in [6.45, 7) is 12.1. The van der Waals surface area contributed by atoms with Gasteiger partial charge in [0, 0.05) is 80.1 Å². The summed E-state index contributed by atoms with van der Waals surface area (Å²) in [5.74, 6) is -5.51. The van der Waals surface area contributed by atoms with Crippen LogP contribution in [0.4, 0.5) is 35.1 Å². The minimum Gasteiger partial charge on any atom is -0.336 e.